The Morgan fingerprint density at radius 2 is 1.69 bits per heavy atom. The number of thioether (sulfide) groups is 1. The molecule has 1 N–H and O–H groups in total. The average Bonchev–Trinajstić information content (AvgIpc) is 2.98. The summed E-state index contributed by atoms with van der Waals surface area (Å²) in [4.78, 5) is 52.2. The van der Waals surface area contributed by atoms with Gasteiger partial charge in [-0.1, -0.05) is 25.0 Å². The fourth-order valence-electron chi connectivity index (χ4n) is 3.98. The van der Waals surface area contributed by atoms with Crippen molar-refractivity contribution in [2.45, 2.75) is 56.6 Å². The average molecular weight is 419 g/mol. The molecule has 1 aliphatic carbocycles. The number of nitrogens with zero attached hydrogens (tertiary/aromatic N) is 1. The van der Waals surface area contributed by atoms with E-state index < -0.39 is 24.0 Å². The standard InChI is InChI=1S/C21H26N2O5S/c1-12(23-19(25)14-8-4-5-9-15(14)20(23)26)21(27)28-13(2)18(24)22-16-10-6-7-11-17(16)29-3/h6-7,10-15H,4-5,8-9H2,1-3H3,(H,22,24). The Morgan fingerprint density at radius 3 is 2.28 bits per heavy atom. The third kappa shape index (κ3) is 4.32. The highest BCUT2D eigenvalue weighted by Crippen LogP contribution is 2.39. The fraction of sp³-hybridized carbons (Fsp3) is 0.524. The molecule has 0 aromatic heterocycles. The summed E-state index contributed by atoms with van der Waals surface area (Å²) < 4.78 is 5.28. The number of esters is 1. The molecule has 3 rings (SSSR count). The van der Waals surface area contributed by atoms with Gasteiger partial charge in [0.05, 0.1) is 17.5 Å². The lowest BCUT2D eigenvalue weighted by molar-refractivity contribution is -0.163. The molecular formula is C21H26N2O5S. The lowest BCUT2D eigenvalue weighted by Crippen LogP contribution is -2.46. The summed E-state index contributed by atoms with van der Waals surface area (Å²) >= 11 is 1.49. The molecule has 156 valence electrons. The van der Waals surface area contributed by atoms with E-state index in [4.69, 9.17) is 4.74 Å². The van der Waals surface area contributed by atoms with Gasteiger partial charge in [-0.05, 0) is 45.1 Å². The maximum Gasteiger partial charge on any atom is 0.329 e. The highest BCUT2D eigenvalue weighted by Gasteiger charge is 2.51. The summed E-state index contributed by atoms with van der Waals surface area (Å²) in [6, 6.07) is 6.27. The largest absolute Gasteiger partial charge is 0.451 e. The van der Waals surface area contributed by atoms with E-state index in [9.17, 15) is 19.2 Å². The molecule has 1 aromatic rings. The second-order valence-electron chi connectivity index (χ2n) is 7.49. The van der Waals surface area contributed by atoms with Gasteiger partial charge in [0.25, 0.3) is 5.91 Å². The molecule has 1 saturated carbocycles. The number of ether oxygens (including phenoxy) is 1. The molecule has 1 heterocycles. The number of fused-ring (bicyclic) bond motifs is 1. The van der Waals surface area contributed by atoms with E-state index in [1.165, 1.54) is 25.6 Å². The van der Waals surface area contributed by atoms with Gasteiger partial charge in [-0.2, -0.15) is 0 Å². The molecule has 7 nitrogen and oxygen atoms in total. The van der Waals surface area contributed by atoms with Crippen LogP contribution in [0.15, 0.2) is 29.2 Å². The van der Waals surface area contributed by atoms with Crippen molar-refractivity contribution in [3.63, 3.8) is 0 Å². The zero-order chi connectivity index (χ0) is 21.1. The maximum atomic E-state index is 12.6. The first kappa shape index (κ1) is 21.4. The number of benzene rings is 1. The van der Waals surface area contributed by atoms with Gasteiger partial charge in [-0.25, -0.2) is 4.79 Å². The summed E-state index contributed by atoms with van der Waals surface area (Å²) in [5.41, 5.74) is 0.634. The number of hydrogen-bond acceptors (Lipinski definition) is 6. The maximum absolute atomic E-state index is 12.6. The van der Waals surface area contributed by atoms with Gasteiger partial charge in [0, 0.05) is 4.90 Å². The van der Waals surface area contributed by atoms with E-state index in [0.717, 1.165) is 22.6 Å². The third-order valence-corrected chi connectivity index (χ3v) is 6.43. The molecule has 2 aliphatic rings. The molecule has 1 aliphatic heterocycles. The number of likely N-dealkylation sites (tertiary alicyclic amines) is 1. The smallest absolute Gasteiger partial charge is 0.329 e. The Hall–Kier alpha value is -2.35. The molecule has 0 radical (unpaired) electrons. The first-order valence-electron chi connectivity index (χ1n) is 9.86. The number of nitrogens with one attached hydrogen (secondary N) is 1. The van der Waals surface area contributed by atoms with Gasteiger partial charge in [0.15, 0.2) is 6.10 Å². The number of imide groups is 1. The zero-order valence-electron chi connectivity index (χ0n) is 16.8. The van der Waals surface area contributed by atoms with Crippen molar-refractivity contribution in [3.8, 4) is 0 Å². The quantitative estimate of drug-likeness (QED) is 0.434. The van der Waals surface area contributed by atoms with Gasteiger partial charge in [0.1, 0.15) is 6.04 Å². The Labute approximate surface area is 174 Å². The van der Waals surface area contributed by atoms with E-state index in [1.54, 1.807) is 12.1 Å². The van der Waals surface area contributed by atoms with Crippen LogP contribution in [-0.4, -0.2) is 47.0 Å². The predicted molar refractivity (Wildman–Crippen MR) is 109 cm³/mol. The van der Waals surface area contributed by atoms with Crippen LogP contribution in [0.4, 0.5) is 5.69 Å². The van der Waals surface area contributed by atoms with Gasteiger partial charge in [-0.3, -0.25) is 19.3 Å². The molecule has 8 heteroatoms. The monoisotopic (exact) mass is 418 g/mol. The molecule has 3 amide bonds. The van der Waals surface area contributed by atoms with Crippen molar-refractivity contribution in [1.82, 2.24) is 4.90 Å². The molecule has 29 heavy (non-hydrogen) atoms. The van der Waals surface area contributed by atoms with E-state index >= 15 is 0 Å². The Bertz CT molecular complexity index is 803. The number of amides is 3. The van der Waals surface area contributed by atoms with Crippen LogP contribution < -0.4 is 5.32 Å². The summed E-state index contributed by atoms with van der Waals surface area (Å²) in [5.74, 6) is -2.47. The minimum atomic E-state index is -1.06. The molecule has 1 saturated heterocycles. The number of para-hydroxylation sites is 1. The molecule has 0 spiro atoms. The lowest BCUT2D eigenvalue weighted by Gasteiger charge is -2.23. The van der Waals surface area contributed by atoms with E-state index in [1.807, 2.05) is 18.4 Å². The van der Waals surface area contributed by atoms with Crippen molar-refractivity contribution in [2.24, 2.45) is 11.8 Å². The van der Waals surface area contributed by atoms with Crippen LogP contribution in [0.1, 0.15) is 39.5 Å². The van der Waals surface area contributed by atoms with Gasteiger partial charge in [0.2, 0.25) is 11.8 Å². The SMILES string of the molecule is CSc1ccccc1NC(=O)C(C)OC(=O)C(C)N1C(=O)C2CCCCC2C1=O. The van der Waals surface area contributed by atoms with Crippen LogP contribution >= 0.6 is 11.8 Å². The van der Waals surface area contributed by atoms with Crippen molar-refractivity contribution < 1.29 is 23.9 Å². The van der Waals surface area contributed by atoms with Crippen molar-refractivity contribution in [2.75, 3.05) is 11.6 Å². The molecule has 1 aromatic carbocycles. The first-order valence-corrected chi connectivity index (χ1v) is 11.1. The van der Waals surface area contributed by atoms with Crippen LogP contribution in [0.3, 0.4) is 0 Å². The number of rotatable bonds is 6. The van der Waals surface area contributed by atoms with Crippen LogP contribution in [0.2, 0.25) is 0 Å². The second kappa shape index (κ2) is 8.98. The highest BCUT2D eigenvalue weighted by molar-refractivity contribution is 7.98. The Morgan fingerprint density at radius 1 is 1.10 bits per heavy atom. The van der Waals surface area contributed by atoms with Crippen molar-refractivity contribution in [1.29, 1.82) is 0 Å². The number of carbonyl (C=O) groups excluding carboxylic acids is 4. The van der Waals surface area contributed by atoms with Crippen molar-refractivity contribution >= 4 is 41.1 Å². The first-order chi connectivity index (χ1) is 13.8. The zero-order valence-corrected chi connectivity index (χ0v) is 17.7. The normalized spacial score (nSPS) is 23.3. The summed E-state index contributed by atoms with van der Waals surface area (Å²) in [7, 11) is 0. The second-order valence-corrected chi connectivity index (χ2v) is 8.34. The van der Waals surface area contributed by atoms with Crippen LogP contribution in [-0.2, 0) is 23.9 Å². The van der Waals surface area contributed by atoms with Gasteiger partial charge in [-0.15, -0.1) is 11.8 Å². The molecular weight excluding hydrogens is 392 g/mol. The van der Waals surface area contributed by atoms with E-state index in [2.05, 4.69) is 5.32 Å². The van der Waals surface area contributed by atoms with Crippen LogP contribution in [0, 0.1) is 11.8 Å². The highest BCUT2D eigenvalue weighted by atomic mass is 32.2. The van der Waals surface area contributed by atoms with E-state index in [-0.39, 0.29) is 23.7 Å². The van der Waals surface area contributed by atoms with Crippen LogP contribution in [0.5, 0.6) is 0 Å². The van der Waals surface area contributed by atoms with Gasteiger partial charge < -0.3 is 10.1 Å². The Kier molecular flexibility index (Phi) is 6.62. The number of anilines is 1. The number of carbonyl (C=O) groups is 4. The van der Waals surface area contributed by atoms with E-state index in [0.29, 0.717) is 18.5 Å². The molecule has 4 atom stereocenters. The minimum Gasteiger partial charge on any atom is -0.451 e. The Balaban J connectivity index is 1.62. The molecule has 4 unspecified atom stereocenters. The van der Waals surface area contributed by atoms with Crippen molar-refractivity contribution in [3.05, 3.63) is 24.3 Å². The fourth-order valence-corrected chi connectivity index (χ4v) is 4.54. The summed E-state index contributed by atoms with van der Waals surface area (Å²) in [5, 5.41) is 2.75. The molecule has 2 fully saturated rings. The lowest BCUT2D eigenvalue weighted by atomic mass is 9.81. The summed E-state index contributed by atoms with van der Waals surface area (Å²) in [6.45, 7) is 2.94. The number of hydrogen-bond donors (Lipinski definition) is 1. The summed E-state index contributed by atoms with van der Waals surface area (Å²) in [6.07, 6.45) is 4.04. The molecule has 0 bridgehead atoms. The topological polar surface area (TPSA) is 92.8 Å². The predicted octanol–water partition coefficient (Wildman–Crippen LogP) is 2.84. The minimum absolute atomic E-state index is 0.296. The van der Waals surface area contributed by atoms with Gasteiger partial charge >= 0.3 is 5.97 Å². The van der Waals surface area contributed by atoms with Crippen LogP contribution in [0.25, 0.3) is 0 Å². The third-order valence-electron chi connectivity index (χ3n) is 5.63.